The summed E-state index contributed by atoms with van der Waals surface area (Å²) in [5, 5.41) is 12.4. The molecule has 1 N–H and O–H groups in total. The van der Waals surface area contributed by atoms with Crippen LogP contribution in [0.5, 0.6) is 0 Å². The average molecular weight is 421 g/mol. The van der Waals surface area contributed by atoms with Crippen LogP contribution in [0.2, 0.25) is 0 Å². The van der Waals surface area contributed by atoms with Crippen LogP contribution in [0.4, 0.5) is 8.78 Å². The van der Waals surface area contributed by atoms with Gasteiger partial charge in [-0.1, -0.05) is 6.07 Å². The molecule has 4 rings (SSSR count). The maximum Gasteiger partial charge on any atom is 0.125 e. The topological polar surface area (TPSA) is 47.7 Å². The predicted octanol–water partition coefficient (Wildman–Crippen LogP) is 5.11. The monoisotopic (exact) mass is 421 g/mol. The highest BCUT2D eigenvalue weighted by molar-refractivity contribution is 5.42. The molecular weight excluding hydrogens is 396 g/mol. The third-order valence-corrected chi connectivity index (χ3v) is 5.45. The molecule has 1 unspecified atom stereocenters. The van der Waals surface area contributed by atoms with E-state index in [9.17, 15) is 8.78 Å². The van der Waals surface area contributed by atoms with Crippen molar-refractivity contribution in [3.8, 4) is 11.4 Å². The van der Waals surface area contributed by atoms with Crippen molar-refractivity contribution in [1.82, 2.24) is 24.9 Å². The number of hydrogen-bond acceptors (Lipinski definition) is 3. The van der Waals surface area contributed by atoms with E-state index in [2.05, 4.69) is 15.5 Å². The maximum atomic E-state index is 14.0. The van der Waals surface area contributed by atoms with E-state index in [0.29, 0.717) is 12.2 Å². The Hall–Kier alpha value is -3.32. The first kappa shape index (κ1) is 20.9. The zero-order valence-electron chi connectivity index (χ0n) is 18.0. The Morgan fingerprint density at radius 1 is 0.968 bits per heavy atom. The van der Waals surface area contributed by atoms with Gasteiger partial charge in [0, 0.05) is 29.5 Å². The first-order valence-corrected chi connectivity index (χ1v) is 10.2. The van der Waals surface area contributed by atoms with Gasteiger partial charge in [-0.25, -0.2) is 18.1 Å². The third kappa shape index (κ3) is 4.27. The number of hydrogen-bond donors (Lipinski definition) is 1. The quantitative estimate of drug-likeness (QED) is 0.471. The lowest BCUT2D eigenvalue weighted by molar-refractivity contribution is 0.563. The van der Waals surface area contributed by atoms with E-state index in [0.717, 1.165) is 33.9 Å². The van der Waals surface area contributed by atoms with Crippen molar-refractivity contribution in [3.63, 3.8) is 0 Å². The lowest BCUT2D eigenvalue weighted by Gasteiger charge is -2.17. The van der Waals surface area contributed by atoms with Crippen LogP contribution in [0, 0.1) is 32.4 Å². The van der Waals surface area contributed by atoms with E-state index in [-0.39, 0.29) is 17.7 Å². The number of benzene rings is 2. The minimum atomic E-state index is -0.303. The summed E-state index contributed by atoms with van der Waals surface area (Å²) in [7, 11) is 0. The molecule has 2 aromatic heterocycles. The molecule has 2 aromatic carbocycles. The number of nitrogens with one attached hydrogen (secondary N) is 1. The van der Waals surface area contributed by atoms with Crippen LogP contribution in [0.3, 0.4) is 0 Å². The number of rotatable bonds is 6. The zero-order valence-corrected chi connectivity index (χ0v) is 18.0. The second kappa shape index (κ2) is 8.43. The van der Waals surface area contributed by atoms with E-state index in [1.807, 2.05) is 44.5 Å². The lowest BCUT2D eigenvalue weighted by atomic mass is 10.1. The van der Waals surface area contributed by atoms with Crippen molar-refractivity contribution >= 4 is 0 Å². The minimum Gasteiger partial charge on any atom is -0.306 e. The summed E-state index contributed by atoms with van der Waals surface area (Å²) < 4.78 is 31.2. The van der Waals surface area contributed by atoms with Crippen LogP contribution in [0.1, 0.15) is 41.2 Å². The third-order valence-electron chi connectivity index (χ3n) is 5.45. The van der Waals surface area contributed by atoms with Gasteiger partial charge >= 0.3 is 0 Å². The summed E-state index contributed by atoms with van der Waals surface area (Å²) >= 11 is 0. The van der Waals surface area contributed by atoms with Crippen LogP contribution in [0.15, 0.2) is 54.7 Å². The summed E-state index contributed by atoms with van der Waals surface area (Å²) in [4.78, 5) is 0. The second-order valence-corrected chi connectivity index (χ2v) is 7.79. The highest BCUT2D eigenvalue weighted by Gasteiger charge is 2.16. The second-order valence-electron chi connectivity index (χ2n) is 7.79. The minimum absolute atomic E-state index is 0.0427. The average Bonchev–Trinajstić information content (AvgIpc) is 3.27. The van der Waals surface area contributed by atoms with Crippen LogP contribution in [-0.2, 0) is 6.54 Å². The van der Waals surface area contributed by atoms with Gasteiger partial charge in [-0.2, -0.15) is 10.2 Å². The fraction of sp³-hybridized carbons (Fsp3) is 0.250. The molecule has 31 heavy (non-hydrogen) atoms. The summed E-state index contributed by atoms with van der Waals surface area (Å²) in [5.74, 6) is -0.590. The van der Waals surface area contributed by atoms with Crippen molar-refractivity contribution in [2.75, 3.05) is 0 Å². The molecule has 0 saturated heterocycles. The molecule has 160 valence electrons. The van der Waals surface area contributed by atoms with Crippen LogP contribution in [0.25, 0.3) is 11.4 Å². The Morgan fingerprint density at radius 3 is 2.45 bits per heavy atom. The fourth-order valence-electron chi connectivity index (χ4n) is 3.86. The summed E-state index contributed by atoms with van der Waals surface area (Å²) in [6.45, 7) is 8.35. The highest BCUT2D eigenvalue weighted by atomic mass is 19.1. The van der Waals surface area contributed by atoms with Crippen molar-refractivity contribution < 1.29 is 8.78 Å². The molecule has 0 aliphatic rings. The molecule has 1 atom stereocenters. The van der Waals surface area contributed by atoms with E-state index in [4.69, 9.17) is 0 Å². The van der Waals surface area contributed by atoms with Gasteiger partial charge in [-0.3, -0.25) is 0 Å². The molecule has 2 heterocycles. The van der Waals surface area contributed by atoms with Gasteiger partial charge in [-0.05, 0) is 75.7 Å². The SMILES string of the molecule is Cc1cc(C)n(-c2ccc(F)cc2CNC(C)c2cnn(-c3cccc(F)c3)c2C)n1. The van der Waals surface area contributed by atoms with Gasteiger partial charge in [0.2, 0.25) is 0 Å². The normalized spacial score (nSPS) is 12.3. The number of aromatic nitrogens is 4. The Labute approximate surface area is 180 Å². The standard InChI is InChI=1S/C24H25F2N5/c1-15-10-16(2)30(29-15)24-9-8-21(26)11-19(24)13-27-17(3)23-14-28-31(18(23)4)22-7-5-6-20(25)12-22/h5-12,14,17,27H,13H2,1-4H3. The molecule has 5 nitrogen and oxygen atoms in total. The molecule has 0 aliphatic heterocycles. The van der Waals surface area contributed by atoms with Crippen molar-refractivity contribution in [1.29, 1.82) is 0 Å². The molecular formula is C24H25F2N5. The van der Waals surface area contributed by atoms with Crippen LogP contribution in [-0.4, -0.2) is 19.6 Å². The van der Waals surface area contributed by atoms with E-state index in [1.54, 1.807) is 23.0 Å². The first-order chi connectivity index (χ1) is 14.8. The van der Waals surface area contributed by atoms with Gasteiger partial charge in [-0.15, -0.1) is 0 Å². The van der Waals surface area contributed by atoms with Crippen LogP contribution < -0.4 is 5.32 Å². The summed E-state index contributed by atoms with van der Waals surface area (Å²) in [6, 6.07) is 13.0. The molecule has 0 aliphatic carbocycles. The molecule has 7 heteroatoms. The van der Waals surface area contributed by atoms with Gasteiger partial charge in [0.15, 0.2) is 0 Å². The van der Waals surface area contributed by atoms with Gasteiger partial charge in [0.25, 0.3) is 0 Å². The zero-order chi connectivity index (χ0) is 22.1. The smallest absolute Gasteiger partial charge is 0.125 e. The molecule has 0 amide bonds. The molecule has 4 aromatic rings. The van der Waals surface area contributed by atoms with Crippen molar-refractivity contribution in [2.45, 2.75) is 40.3 Å². The summed E-state index contributed by atoms with van der Waals surface area (Å²) in [6.07, 6.45) is 1.78. The van der Waals surface area contributed by atoms with Crippen LogP contribution >= 0.6 is 0 Å². The van der Waals surface area contributed by atoms with Gasteiger partial charge in [0.05, 0.1) is 23.3 Å². The Morgan fingerprint density at radius 2 is 1.74 bits per heavy atom. The van der Waals surface area contributed by atoms with Gasteiger partial charge in [0.1, 0.15) is 11.6 Å². The molecule has 0 radical (unpaired) electrons. The van der Waals surface area contributed by atoms with Crippen molar-refractivity contribution in [3.05, 3.63) is 94.6 Å². The number of halogens is 2. The number of nitrogens with zero attached hydrogens (tertiary/aromatic N) is 4. The Bertz CT molecular complexity index is 1220. The maximum absolute atomic E-state index is 14.0. The van der Waals surface area contributed by atoms with E-state index < -0.39 is 0 Å². The molecule has 0 fully saturated rings. The predicted molar refractivity (Wildman–Crippen MR) is 117 cm³/mol. The molecule has 0 bridgehead atoms. The van der Waals surface area contributed by atoms with Crippen molar-refractivity contribution in [2.24, 2.45) is 0 Å². The Balaban J connectivity index is 1.57. The Kier molecular flexibility index (Phi) is 5.69. The summed E-state index contributed by atoms with van der Waals surface area (Å²) in [5.41, 5.74) is 6.15. The first-order valence-electron chi connectivity index (χ1n) is 10.2. The van der Waals surface area contributed by atoms with Gasteiger partial charge < -0.3 is 5.32 Å². The highest BCUT2D eigenvalue weighted by Crippen LogP contribution is 2.23. The lowest BCUT2D eigenvalue weighted by Crippen LogP contribution is -2.20. The largest absolute Gasteiger partial charge is 0.306 e. The molecule has 0 saturated carbocycles. The van der Waals surface area contributed by atoms with E-state index >= 15 is 0 Å². The van der Waals surface area contributed by atoms with E-state index in [1.165, 1.54) is 24.3 Å². The number of aryl methyl sites for hydroxylation is 2. The fourth-order valence-corrected chi connectivity index (χ4v) is 3.86. The molecule has 0 spiro atoms.